The van der Waals surface area contributed by atoms with E-state index in [1.165, 1.54) is 0 Å². The van der Waals surface area contributed by atoms with Crippen LogP contribution in [0.4, 0.5) is 5.69 Å². The molecule has 0 saturated heterocycles. The van der Waals surface area contributed by atoms with Crippen LogP contribution >= 0.6 is 23.2 Å². The highest BCUT2D eigenvalue weighted by molar-refractivity contribution is 6.42. The molecule has 1 heterocycles. The van der Waals surface area contributed by atoms with Gasteiger partial charge in [-0.3, -0.25) is 9.69 Å². The van der Waals surface area contributed by atoms with E-state index in [0.717, 1.165) is 5.56 Å². The molecule has 0 spiro atoms. The van der Waals surface area contributed by atoms with Gasteiger partial charge in [0.2, 0.25) is 5.91 Å². The van der Waals surface area contributed by atoms with Crippen molar-refractivity contribution >= 4 is 34.8 Å². The van der Waals surface area contributed by atoms with Crippen LogP contribution in [0.3, 0.4) is 0 Å². The third-order valence-corrected chi connectivity index (χ3v) is 4.26. The molecule has 0 atom stereocenters. The molecular weight excluding hydrogens is 375 g/mol. The molecule has 134 valence electrons. The van der Waals surface area contributed by atoms with E-state index >= 15 is 0 Å². The zero-order chi connectivity index (χ0) is 18.5. The molecule has 1 aromatic heterocycles. The molecule has 0 saturated carbocycles. The molecule has 8 heteroatoms. The van der Waals surface area contributed by atoms with Gasteiger partial charge in [0.05, 0.1) is 23.1 Å². The molecule has 2 aromatic carbocycles. The predicted molar refractivity (Wildman–Crippen MR) is 101 cm³/mol. The number of aromatic nitrogens is 2. The molecule has 3 aromatic rings. The number of likely N-dealkylation sites (N-methyl/N-ethyl adjacent to an activating group) is 1. The number of carbonyl (C=O) groups excluding carboxylic acids is 1. The summed E-state index contributed by atoms with van der Waals surface area (Å²) in [5.41, 5.74) is 1.44. The van der Waals surface area contributed by atoms with Crippen molar-refractivity contribution in [2.75, 3.05) is 18.9 Å². The van der Waals surface area contributed by atoms with E-state index in [1.807, 2.05) is 30.3 Å². The van der Waals surface area contributed by atoms with Gasteiger partial charge in [-0.15, -0.1) is 0 Å². The second-order valence-corrected chi connectivity index (χ2v) is 6.55. The van der Waals surface area contributed by atoms with Gasteiger partial charge in [-0.25, -0.2) is 0 Å². The number of rotatable bonds is 6. The first-order valence-electron chi connectivity index (χ1n) is 7.83. The topological polar surface area (TPSA) is 71.3 Å². The molecular formula is C18H16Cl2N4O2. The molecule has 0 aliphatic heterocycles. The van der Waals surface area contributed by atoms with Crippen molar-refractivity contribution < 1.29 is 9.32 Å². The van der Waals surface area contributed by atoms with Gasteiger partial charge in [0.1, 0.15) is 0 Å². The number of carbonyl (C=O) groups is 1. The lowest BCUT2D eigenvalue weighted by Crippen LogP contribution is -2.30. The Morgan fingerprint density at radius 3 is 2.65 bits per heavy atom. The molecule has 0 fully saturated rings. The fourth-order valence-corrected chi connectivity index (χ4v) is 2.63. The Kier molecular flexibility index (Phi) is 5.88. The first kappa shape index (κ1) is 18.4. The lowest BCUT2D eigenvalue weighted by atomic mass is 10.2. The molecule has 0 unspecified atom stereocenters. The van der Waals surface area contributed by atoms with Crippen molar-refractivity contribution in [2.24, 2.45) is 0 Å². The summed E-state index contributed by atoms with van der Waals surface area (Å²) < 4.78 is 5.26. The van der Waals surface area contributed by atoms with E-state index in [-0.39, 0.29) is 12.5 Å². The van der Waals surface area contributed by atoms with Crippen LogP contribution in [0.1, 0.15) is 5.82 Å². The summed E-state index contributed by atoms with van der Waals surface area (Å²) >= 11 is 11.8. The van der Waals surface area contributed by atoms with Crippen LogP contribution in [0.2, 0.25) is 10.0 Å². The molecule has 1 amide bonds. The molecule has 26 heavy (non-hydrogen) atoms. The van der Waals surface area contributed by atoms with E-state index in [1.54, 1.807) is 30.1 Å². The van der Waals surface area contributed by atoms with E-state index < -0.39 is 0 Å². The van der Waals surface area contributed by atoms with Gasteiger partial charge in [-0.05, 0) is 37.4 Å². The van der Waals surface area contributed by atoms with Crippen molar-refractivity contribution in [1.29, 1.82) is 0 Å². The normalized spacial score (nSPS) is 10.9. The van der Waals surface area contributed by atoms with Gasteiger partial charge in [-0.2, -0.15) is 4.98 Å². The Hall–Kier alpha value is -2.41. The minimum atomic E-state index is -0.183. The number of amides is 1. The molecule has 6 nitrogen and oxygen atoms in total. The maximum atomic E-state index is 12.1. The van der Waals surface area contributed by atoms with Crippen molar-refractivity contribution in [1.82, 2.24) is 15.0 Å². The van der Waals surface area contributed by atoms with Gasteiger partial charge in [0.15, 0.2) is 5.82 Å². The predicted octanol–water partition coefficient (Wildman–Crippen LogP) is 4.11. The highest BCUT2D eigenvalue weighted by atomic mass is 35.5. The van der Waals surface area contributed by atoms with E-state index in [2.05, 4.69) is 15.5 Å². The van der Waals surface area contributed by atoms with Crippen LogP contribution in [-0.2, 0) is 11.3 Å². The monoisotopic (exact) mass is 390 g/mol. The van der Waals surface area contributed by atoms with E-state index in [0.29, 0.717) is 34.0 Å². The Bertz CT molecular complexity index is 899. The Morgan fingerprint density at radius 2 is 1.92 bits per heavy atom. The second kappa shape index (κ2) is 8.31. The fraction of sp³-hybridized carbons (Fsp3) is 0.167. The summed E-state index contributed by atoms with van der Waals surface area (Å²) in [4.78, 5) is 18.3. The van der Waals surface area contributed by atoms with Crippen LogP contribution in [-0.4, -0.2) is 34.5 Å². The van der Waals surface area contributed by atoms with Crippen LogP contribution in [0.15, 0.2) is 53.1 Å². The summed E-state index contributed by atoms with van der Waals surface area (Å²) in [5, 5.41) is 7.55. The number of nitrogens with one attached hydrogen (secondary N) is 1. The SMILES string of the molecule is CN(CC(=O)Nc1ccc(Cl)c(Cl)c1)Cc1noc(-c2ccccc2)n1. The Balaban J connectivity index is 1.55. The van der Waals surface area contributed by atoms with Gasteiger partial charge < -0.3 is 9.84 Å². The fourth-order valence-electron chi connectivity index (χ4n) is 2.33. The van der Waals surface area contributed by atoms with Crippen molar-refractivity contribution in [3.05, 3.63) is 64.4 Å². The summed E-state index contributed by atoms with van der Waals surface area (Å²) in [5.74, 6) is 0.778. The standard InChI is InChI=1S/C18H16Cl2N4O2/c1-24(11-17(25)21-13-7-8-14(19)15(20)9-13)10-16-22-18(26-23-16)12-5-3-2-4-6-12/h2-9H,10-11H2,1H3,(H,21,25). The van der Waals surface area contributed by atoms with Gasteiger partial charge >= 0.3 is 0 Å². The smallest absolute Gasteiger partial charge is 0.257 e. The number of hydrogen-bond donors (Lipinski definition) is 1. The third kappa shape index (κ3) is 4.82. The van der Waals surface area contributed by atoms with Crippen LogP contribution in [0, 0.1) is 0 Å². The zero-order valence-electron chi connectivity index (χ0n) is 13.9. The summed E-state index contributed by atoms with van der Waals surface area (Å²) in [6, 6.07) is 14.4. The van der Waals surface area contributed by atoms with Gasteiger partial charge in [0.25, 0.3) is 5.89 Å². The maximum absolute atomic E-state index is 12.1. The minimum Gasteiger partial charge on any atom is -0.334 e. The quantitative estimate of drug-likeness (QED) is 0.685. The minimum absolute atomic E-state index is 0.162. The molecule has 0 bridgehead atoms. The van der Waals surface area contributed by atoms with Gasteiger partial charge in [0, 0.05) is 11.3 Å². The number of halogens is 2. The largest absolute Gasteiger partial charge is 0.334 e. The van der Waals surface area contributed by atoms with E-state index in [4.69, 9.17) is 27.7 Å². The summed E-state index contributed by atoms with van der Waals surface area (Å²) in [7, 11) is 1.80. The first-order chi connectivity index (χ1) is 12.5. The number of benzene rings is 2. The molecule has 0 aliphatic rings. The highest BCUT2D eigenvalue weighted by Crippen LogP contribution is 2.25. The van der Waals surface area contributed by atoms with Crippen LogP contribution < -0.4 is 5.32 Å². The van der Waals surface area contributed by atoms with Crippen molar-refractivity contribution in [3.8, 4) is 11.5 Å². The third-order valence-electron chi connectivity index (χ3n) is 3.52. The Labute approximate surface area is 160 Å². The van der Waals surface area contributed by atoms with Gasteiger partial charge in [-0.1, -0.05) is 46.6 Å². The number of anilines is 1. The van der Waals surface area contributed by atoms with Crippen LogP contribution in [0.5, 0.6) is 0 Å². The first-order valence-corrected chi connectivity index (χ1v) is 8.58. The molecule has 0 radical (unpaired) electrons. The average Bonchev–Trinajstić information content (AvgIpc) is 3.07. The Morgan fingerprint density at radius 1 is 1.15 bits per heavy atom. The molecule has 0 aliphatic carbocycles. The van der Waals surface area contributed by atoms with Crippen LogP contribution in [0.25, 0.3) is 11.5 Å². The second-order valence-electron chi connectivity index (χ2n) is 5.73. The van der Waals surface area contributed by atoms with E-state index in [9.17, 15) is 4.79 Å². The molecule has 1 N–H and O–H groups in total. The number of nitrogens with zero attached hydrogens (tertiary/aromatic N) is 3. The lowest BCUT2D eigenvalue weighted by molar-refractivity contribution is -0.117. The highest BCUT2D eigenvalue weighted by Gasteiger charge is 2.13. The summed E-state index contributed by atoms with van der Waals surface area (Å²) in [6.07, 6.45) is 0. The lowest BCUT2D eigenvalue weighted by Gasteiger charge is -2.14. The number of hydrogen-bond acceptors (Lipinski definition) is 5. The van der Waals surface area contributed by atoms with Crippen molar-refractivity contribution in [3.63, 3.8) is 0 Å². The summed E-state index contributed by atoms with van der Waals surface area (Å²) in [6.45, 7) is 0.542. The van der Waals surface area contributed by atoms with Crippen molar-refractivity contribution in [2.45, 2.75) is 6.54 Å². The maximum Gasteiger partial charge on any atom is 0.257 e. The molecule has 3 rings (SSSR count). The zero-order valence-corrected chi connectivity index (χ0v) is 15.5. The average molecular weight is 391 g/mol.